The Morgan fingerprint density at radius 2 is 2.25 bits per heavy atom. The summed E-state index contributed by atoms with van der Waals surface area (Å²) in [6, 6.07) is 0. The van der Waals surface area contributed by atoms with Gasteiger partial charge >= 0.3 is 0 Å². The monoisotopic (exact) mass is 404 g/mol. The Balaban J connectivity index is 1.77. The number of hydrogen-bond acceptors (Lipinski definition) is 8. The van der Waals surface area contributed by atoms with E-state index in [0.717, 1.165) is 37.4 Å². The molecule has 0 aliphatic carbocycles. The molecule has 1 unspecified atom stereocenters. The fraction of sp³-hybridized carbons (Fsp3) is 0.579. The van der Waals surface area contributed by atoms with Crippen LogP contribution >= 0.6 is 11.3 Å². The van der Waals surface area contributed by atoms with Crippen molar-refractivity contribution in [3.63, 3.8) is 0 Å². The summed E-state index contributed by atoms with van der Waals surface area (Å²) >= 11 is 1.70. The molecule has 0 radical (unpaired) electrons. The quantitative estimate of drug-likeness (QED) is 0.670. The number of thiazole rings is 1. The molecule has 1 fully saturated rings. The van der Waals surface area contributed by atoms with Crippen LogP contribution in [-0.4, -0.2) is 73.2 Å². The molecule has 1 aliphatic heterocycles. The van der Waals surface area contributed by atoms with Crippen LogP contribution in [0.1, 0.15) is 39.0 Å². The van der Waals surface area contributed by atoms with E-state index in [0.29, 0.717) is 24.7 Å². The molecule has 8 nitrogen and oxygen atoms in total. The highest BCUT2D eigenvalue weighted by Crippen LogP contribution is 2.30. The molecule has 0 spiro atoms. The number of rotatable bonds is 8. The molecule has 0 aromatic carbocycles. The zero-order chi connectivity index (χ0) is 20.1. The van der Waals surface area contributed by atoms with Gasteiger partial charge in [0.15, 0.2) is 0 Å². The number of ether oxygens (including phenoxy) is 1. The van der Waals surface area contributed by atoms with Crippen molar-refractivity contribution in [3.05, 3.63) is 33.5 Å². The van der Waals surface area contributed by atoms with E-state index in [1.165, 1.54) is 4.88 Å². The maximum atomic E-state index is 12.7. The number of nitrogens with one attached hydrogen (secondary N) is 1. The van der Waals surface area contributed by atoms with Crippen LogP contribution in [0, 0.1) is 6.92 Å². The predicted molar refractivity (Wildman–Crippen MR) is 110 cm³/mol. The standard InChI is InChI=1S/C19H28N6O2S/c1-13-16(28-12-22-13)11-25-7-5-14(10-25)17-15(18(26)20-6-8-27-4)9-21-19(23-17)24(2)3/h9,12,14H,5-8,10-11H2,1-4H3,(H,20,26). The molecule has 28 heavy (non-hydrogen) atoms. The number of nitrogens with zero attached hydrogens (tertiary/aromatic N) is 5. The number of carbonyl (C=O) groups excluding carboxylic acids is 1. The van der Waals surface area contributed by atoms with Crippen molar-refractivity contribution in [2.24, 2.45) is 0 Å². The molecule has 1 atom stereocenters. The molecule has 1 saturated heterocycles. The lowest BCUT2D eigenvalue weighted by Crippen LogP contribution is -2.29. The summed E-state index contributed by atoms with van der Waals surface area (Å²) in [5.74, 6) is 0.687. The van der Waals surface area contributed by atoms with Gasteiger partial charge in [-0.2, -0.15) is 0 Å². The van der Waals surface area contributed by atoms with Crippen LogP contribution in [0.2, 0.25) is 0 Å². The molecule has 3 heterocycles. The van der Waals surface area contributed by atoms with Crippen molar-refractivity contribution >= 4 is 23.2 Å². The Bertz CT molecular complexity index is 809. The highest BCUT2D eigenvalue weighted by atomic mass is 32.1. The summed E-state index contributed by atoms with van der Waals surface area (Å²) in [6.07, 6.45) is 2.62. The van der Waals surface area contributed by atoms with Crippen molar-refractivity contribution in [3.8, 4) is 0 Å². The van der Waals surface area contributed by atoms with Gasteiger partial charge < -0.3 is 15.0 Å². The van der Waals surface area contributed by atoms with Gasteiger partial charge in [0.2, 0.25) is 5.95 Å². The highest BCUT2D eigenvalue weighted by molar-refractivity contribution is 7.09. The van der Waals surface area contributed by atoms with Gasteiger partial charge in [-0.15, -0.1) is 11.3 Å². The lowest BCUT2D eigenvalue weighted by Gasteiger charge is -2.19. The molecule has 2 aromatic rings. The normalized spacial score (nSPS) is 17.1. The summed E-state index contributed by atoms with van der Waals surface area (Å²) in [7, 11) is 5.43. The minimum absolute atomic E-state index is 0.144. The first-order valence-corrected chi connectivity index (χ1v) is 10.3. The van der Waals surface area contributed by atoms with Crippen LogP contribution in [0.15, 0.2) is 11.7 Å². The zero-order valence-corrected chi connectivity index (χ0v) is 17.8. The smallest absolute Gasteiger partial charge is 0.254 e. The van der Waals surface area contributed by atoms with Crippen molar-refractivity contribution in [2.75, 3.05) is 52.3 Å². The molecule has 3 rings (SSSR count). The van der Waals surface area contributed by atoms with E-state index in [-0.39, 0.29) is 11.8 Å². The van der Waals surface area contributed by atoms with Crippen molar-refractivity contribution in [1.29, 1.82) is 0 Å². The van der Waals surface area contributed by atoms with Gasteiger partial charge in [-0.25, -0.2) is 15.0 Å². The molecule has 0 bridgehead atoms. The Morgan fingerprint density at radius 1 is 1.43 bits per heavy atom. The lowest BCUT2D eigenvalue weighted by atomic mass is 10.00. The minimum atomic E-state index is -0.144. The van der Waals surface area contributed by atoms with Crippen LogP contribution in [0.4, 0.5) is 5.95 Å². The third kappa shape index (κ3) is 4.84. The van der Waals surface area contributed by atoms with E-state index in [2.05, 4.69) is 27.1 Å². The SMILES string of the molecule is COCCNC(=O)c1cnc(N(C)C)nc1C1CCN(Cc2scnc2C)C1. The molecular weight excluding hydrogens is 376 g/mol. The van der Waals surface area contributed by atoms with Crippen molar-refractivity contribution in [2.45, 2.75) is 25.8 Å². The number of likely N-dealkylation sites (tertiary alicyclic amines) is 1. The molecule has 0 saturated carbocycles. The van der Waals surface area contributed by atoms with Crippen LogP contribution in [0.5, 0.6) is 0 Å². The summed E-state index contributed by atoms with van der Waals surface area (Å²) in [5, 5.41) is 2.89. The molecule has 2 aromatic heterocycles. The largest absolute Gasteiger partial charge is 0.383 e. The molecule has 1 N–H and O–H groups in total. The summed E-state index contributed by atoms with van der Waals surface area (Å²) in [6.45, 7) is 5.74. The Labute approximate surface area is 170 Å². The number of hydrogen-bond donors (Lipinski definition) is 1. The molecule has 9 heteroatoms. The number of amides is 1. The van der Waals surface area contributed by atoms with Crippen molar-refractivity contribution in [1.82, 2.24) is 25.2 Å². The summed E-state index contributed by atoms with van der Waals surface area (Å²) < 4.78 is 5.02. The Morgan fingerprint density at radius 3 is 2.93 bits per heavy atom. The second kappa shape index (κ2) is 9.40. The summed E-state index contributed by atoms with van der Waals surface area (Å²) in [5.41, 5.74) is 4.39. The highest BCUT2D eigenvalue weighted by Gasteiger charge is 2.30. The average Bonchev–Trinajstić information content (AvgIpc) is 3.31. The Hall–Kier alpha value is -2.10. The fourth-order valence-corrected chi connectivity index (χ4v) is 4.15. The summed E-state index contributed by atoms with van der Waals surface area (Å²) in [4.78, 5) is 31.7. The van der Waals surface area contributed by atoms with E-state index < -0.39 is 0 Å². The minimum Gasteiger partial charge on any atom is -0.383 e. The lowest BCUT2D eigenvalue weighted by molar-refractivity contribution is 0.0934. The van der Waals surface area contributed by atoms with Crippen LogP contribution in [0.25, 0.3) is 0 Å². The number of aryl methyl sites for hydroxylation is 1. The van der Waals surface area contributed by atoms with Gasteiger partial charge in [0.1, 0.15) is 0 Å². The number of carbonyl (C=O) groups is 1. The second-order valence-electron chi connectivity index (χ2n) is 7.19. The van der Waals surface area contributed by atoms with Gasteiger partial charge in [-0.1, -0.05) is 0 Å². The van der Waals surface area contributed by atoms with Gasteiger partial charge in [0.25, 0.3) is 5.91 Å². The van der Waals surface area contributed by atoms with Crippen LogP contribution < -0.4 is 10.2 Å². The van der Waals surface area contributed by atoms with Gasteiger partial charge in [0, 0.05) is 57.8 Å². The van der Waals surface area contributed by atoms with E-state index >= 15 is 0 Å². The van der Waals surface area contributed by atoms with E-state index in [1.807, 2.05) is 24.5 Å². The first-order valence-electron chi connectivity index (χ1n) is 9.42. The molecule has 1 aliphatic rings. The van der Waals surface area contributed by atoms with Gasteiger partial charge in [-0.3, -0.25) is 9.69 Å². The van der Waals surface area contributed by atoms with Gasteiger partial charge in [0.05, 0.1) is 29.1 Å². The van der Waals surface area contributed by atoms with E-state index in [9.17, 15) is 4.79 Å². The second-order valence-corrected chi connectivity index (χ2v) is 8.13. The maximum absolute atomic E-state index is 12.7. The fourth-order valence-electron chi connectivity index (χ4n) is 3.33. The molecule has 1 amide bonds. The molecule has 152 valence electrons. The number of anilines is 1. The topological polar surface area (TPSA) is 83.5 Å². The van der Waals surface area contributed by atoms with Crippen LogP contribution in [0.3, 0.4) is 0 Å². The van der Waals surface area contributed by atoms with Crippen molar-refractivity contribution < 1.29 is 9.53 Å². The first kappa shape index (κ1) is 20.6. The Kier molecular flexibility index (Phi) is 6.93. The zero-order valence-electron chi connectivity index (χ0n) is 16.9. The third-order valence-corrected chi connectivity index (χ3v) is 5.83. The average molecular weight is 405 g/mol. The predicted octanol–water partition coefficient (Wildman–Crippen LogP) is 1.67. The van der Waals surface area contributed by atoms with Crippen LogP contribution in [-0.2, 0) is 11.3 Å². The number of methoxy groups -OCH3 is 1. The maximum Gasteiger partial charge on any atom is 0.254 e. The first-order chi connectivity index (χ1) is 13.5. The van der Waals surface area contributed by atoms with E-state index in [1.54, 1.807) is 24.6 Å². The van der Waals surface area contributed by atoms with E-state index in [4.69, 9.17) is 9.72 Å². The molecular formula is C19H28N6O2S. The van der Waals surface area contributed by atoms with Gasteiger partial charge in [-0.05, 0) is 19.9 Å². The number of aromatic nitrogens is 3. The third-order valence-electron chi connectivity index (χ3n) is 4.91.